The first kappa shape index (κ1) is 43.9. The highest BCUT2D eigenvalue weighted by molar-refractivity contribution is 6.10. The monoisotopic (exact) mass is 811 g/mol. The predicted octanol–water partition coefficient (Wildman–Crippen LogP) is 9.52. The minimum Gasteiger partial charge on any atom is -0.381 e. The zero-order valence-electron chi connectivity index (χ0n) is 35.7. The maximum absolute atomic E-state index is 6.55. The largest absolute Gasteiger partial charge is 0.381 e. The van der Waals surface area contributed by atoms with E-state index in [4.69, 9.17) is 14.2 Å². The van der Waals surface area contributed by atoms with Crippen molar-refractivity contribution in [3.8, 4) is 0 Å². The molecule has 0 aliphatic heterocycles. The van der Waals surface area contributed by atoms with E-state index in [2.05, 4.69) is 115 Å². The van der Waals surface area contributed by atoms with E-state index < -0.39 is 0 Å². The van der Waals surface area contributed by atoms with Gasteiger partial charge in [0, 0.05) is 13.2 Å². The van der Waals surface area contributed by atoms with Crippen molar-refractivity contribution in [1.29, 1.82) is 0 Å². The molecule has 0 aliphatic carbocycles. The molecule has 0 spiro atoms. The standard InChI is InChI=1S/C52H55N6O3/c1-39-36-48(52(58-55-4)45-18-12-7-13-19-45)29-28-42(39)30-33-59-34-31-49(61-38-41-22-26-47(27-23-41)51(57-54-3)44-16-10-6-11-17-44)32-35-60-37-40-20-24-46(25-21-40)50(56-53-2)43-14-8-5-9-15-43/h5-29,36,49H,30-35,37-38H2,1-4H3/q+3. The molecule has 0 heterocycles. The number of hydrogen-bond donors (Lipinski definition) is 0. The van der Waals surface area contributed by atoms with Crippen LogP contribution in [0.4, 0.5) is 0 Å². The summed E-state index contributed by atoms with van der Waals surface area (Å²) in [7, 11) is 5.08. The summed E-state index contributed by atoms with van der Waals surface area (Å²) >= 11 is 0. The van der Waals surface area contributed by atoms with Crippen LogP contribution in [0, 0.1) is 6.92 Å². The lowest BCUT2D eigenvalue weighted by atomic mass is 9.97. The first-order chi connectivity index (χ1) is 30.1. The molecule has 0 fully saturated rings. The Morgan fingerprint density at radius 1 is 0.459 bits per heavy atom. The molecule has 0 N–H and O–H groups in total. The second-order valence-electron chi connectivity index (χ2n) is 14.5. The van der Waals surface area contributed by atoms with Gasteiger partial charge >= 0.3 is 17.1 Å². The first-order valence-electron chi connectivity index (χ1n) is 20.8. The van der Waals surface area contributed by atoms with Crippen LogP contribution >= 0.6 is 0 Å². The third kappa shape index (κ3) is 13.2. The highest BCUT2D eigenvalue weighted by Crippen LogP contribution is 2.18. The van der Waals surface area contributed by atoms with Crippen LogP contribution in [0.15, 0.2) is 173 Å². The number of benzene rings is 6. The fourth-order valence-electron chi connectivity index (χ4n) is 7.00. The molecule has 308 valence electrons. The molecule has 0 aromatic heterocycles. The van der Waals surface area contributed by atoms with Gasteiger partial charge in [0.1, 0.15) is 21.1 Å². The Morgan fingerprint density at radius 2 is 0.869 bits per heavy atom. The van der Waals surface area contributed by atoms with Crippen LogP contribution in [0.25, 0.3) is 0 Å². The van der Waals surface area contributed by atoms with Gasteiger partial charge in [-0.1, -0.05) is 84.9 Å². The van der Waals surface area contributed by atoms with E-state index in [-0.39, 0.29) is 6.10 Å². The summed E-state index contributed by atoms with van der Waals surface area (Å²) in [6.07, 6.45) is 2.25. The molecule has 0 saturated carbocycles. The van der Waals surface area contributed by atoms with Gasteiger partial charge in [0.2, 0.25) is 0 Å². The van der Waals surface area contributed by atoms with Gasteiger partial charge in [-0.15, -0.1) is 0 Å². The average molecular weight is 812 g/mol. The van der Waals surface area contributed by atoms with Crippen LogP contribution in [0.5, 0.6) is 0 Å². The highest BCUT2D eigenvalue weighted by atomic mass is 16.5. The molecular formula is C52H55N6O3+3. The third-order valence-corrected chi connectivity index (χ3v) is 10.3. The van der Waals surface area contributed by atoms with Crippen molar-refractivity contribution in [2.75, 3.05) is 41.0 Å². The summed E-state index contributed by atoms with van der Waals surface area (Å²) in [5.74, 6) is 0. The SMILES string of the molecule is CN=[N+]=C(c1ccccc1)c1ccc(COCCC(CCOCCc2ccc(C(=[N+]=NC)c3ccccc3)cc2C)OCc2ccc(C(=[N+]=NC)c3ccccc3)cc2)cc1. The second-order valence-corrected chi connectivity index (χ2v) is 14.5. The van der Waals surface area contributed by atoms with Gasteiger partial charge in [-0.3, -0.25) is 0 Å². The molecule has 6 aromatic carbocycles. The van der Waals surface area contributed by atoms with Crippen LogP contribution in [0.3, 0.4) is 0 Å². The van der Waals surface area contributed by atoms with Gasteiger partial charge in [-0.25, -0.2) is 0 Å². The molecule has 9 heteroatoms. The van der Waals surface area contributed by atoms with Crippen LogP contribution in [0.2, 0.25) is 0 Å². The Labute approximate surface area is 359 Å². The molecule has 0 aliphatic rings. The van der Waals surface area contributed by atoms with E-state index in [0.29, 0.717) is 33.0 Å². The topological polar surface area (TPSA) is 107 Å². The number of aryl methyl sites for hydroxylation is 1. The van der Waals surface area contributed by atoms with Crippen molar-refractivity contribution in [2.45, 2.75) is 45.5 Å². The molecule has 0 saturated heterocycles. The smallest absolute Gasteiger partial charge is 0.379 e. The zero-order chi connectivity index (χ0) is 42.5. The predicted molar refractivity (Wildman–Crippen MR) is 241 cm³/mol. The van der Waals surface area contributed by atoms with Crippen LogP contribution in [-0.2, 0) is 33.8 Å². The Kier molecular flexibility index (Phi) is 17.1. The summed E-state index contributed by atoms with van der Waals surface area (Å²) in [4.78, 5) is 13.3. The maximum Gasteiger partial charge on any atom is 0.379 e. The van der Waals surface area contributed by atoms with Gasteiger partial charge in [-0.2, -0.15) is 0 Å². The van der Waals surface area contributed by atoms with E-state index in [1.165, 1.54) is 11.1 Å². The van der Waals surface area contributed by atoms with Crippen LogP contribution in [-0.4, -0.2) is 78.6 Å². The summed E-state index contributed by atoms with van der Waals surface area (Å²) in [5, 5.41) is 12.2. The van der Waals surface area contributed by atoms with Crippen molar-refractivity contribution in [1.82, 2.24) is 0 Å². The Bertz CT molecular complexity index is 2490. The number of ether oxygens (including phenoxy) is 3. The quantitative estimate of drug-likeness (QED) is 0.0332. The lowest BCUT2D eigenvalue weighted by molar-refractivity contribution is -0.0834. The molecule has 0 radical (unpaired) electrons. The van der Waals surface area contributed by atoms with E-state index in [1.54, 1.807) is 21.1 Å². The maximum atomic E-state index is 6.55. The first-order valence-corrected chi connectivity index (χ1v) is 20.8. The van der Waals surface area contributed by atoms with Crippen molar-refractivity contribution < 1.29 is 28.6 Å². The lowest BCUT2D eigenvalue weighted by Gasteiger charge is -2.19. The Balaban J connectivity index is 1.04. The summed E-state index contributed by atoms with van der Waals surface area (Å²) in [6.45, 7) is 4.87. The lowest BCUT2D eigenvalue weighted by Crippen LogP contribution is -2.19. The molecule has 1 unspecified atom stereocenters. The van der Waals surface area contributed by atoms with Gasteiger partial charge in [-0.05, 0) is 121 Å². The molecule has 61 heavy (non-hydrogen) atoms. The van der Waals surface area contributed by atoms with E-state index >= 15 is 0 Å². The minimum absolute atomic E-state index is 0.0504. The second kappa shape index (κ2) is 23.8. The van der Waals surface area contributed by atoms with E-state index in [1.807, 2.05) is 78.9 Å². The zero-order valence-corrected chi connectivity index (χ0v) is 35.7. The van der Waals surface area contributed by atoms with Gasteiger partial charge in [0.05, 0.1) is 89.0 Å². The Morgan fingerprint density at radius 3 is 1.33 bits per heavy atom. The van der Waals surface area contributed by atoms with Gasteiger partial charge in [0.15, 0.2) is 0 Å². The molecule has 6 rings (SSSR count). The van der Waals surface area contributed by atoms with E-state index in [0.717, 1.165) is 80.9 Å². The summed E-state index contributed by atoms with van der Waals surface area (Å²) in [6, 6.07) is 53.5. The van der Waals surface area contributed by atoms with Crippen molar-refractivity contribution >= 4 is 17.1 Å². The average Bonchev–Trinajstić information content (AvgIpc) is 3.31. The van der Waals surface area contributed by atoms with Gasteiger partial charge < -0.3 is 14.2 Å². The Hall–Kier alpha value is -6.66. The van der Waals surface area contributed by atoms with Gasteiger partial charge in [0.25, 0.3) is 0 Å². The fraction of sp³-hybridized carbons (Fsp3) is 0.250. The minimum atomic E-state index is -0.0504. The molecule has 0 amide bonds. The number of nitrogens with zero attached hydrogens (tertiary/aromatic N) is 6. The van der Waals surface area contributed by atoms with Crippen molar-refractivity contribution in [3.63, 3.8) is 0 Å². The van der Waals surface area contributed by atoms with Crippen LogP contribution in [0.1, 0.15) is 68.5 Å². The third-order valence-electron chi connectivity index (χ3n) is 10.3. The van der Waals surface area contributed by atoms with Crippen molar-refractivity contribution in [3.05, 3.63) is 213 Å². The highest BCUT2D eigenvalue weighted by Gasteiger charge is 2.21. The fourth-order valence-corrected chi connectivity index (χ4v) is 7.00. The molecule has 9 nitrogen and oxygen atoms in total. The number of rotatable bonds is 20. The normalized spacial score (nSPS) is 11.1. The van der Waals surface area contributed by atoms with Crippen LogP contribution < -0.4 is 0 Å². The molecule has 6 aromatic rings. The van der Waals surface area contributed by atoms with E-state index in [9.17, 15) is 0 Å². The number of hydrogen-bond acceptors (Lipinski definition) is 6. The summed E-state index contributed by atoms with van der Waals surface area (Å²) in [5.41, 5.74) is 13.3. The molecule has 1 atom stereocenters. The van der Waals surface area contributed by atoms with Crippen molar-refractivity contribution in [2.24, 2.45) is 15.3 Å². The molecule has 0 bridgehead atoms. The summed E-state index contributed by atoms with van der Waals surface area (Å²) < 4.78 is 19.0. The molecular weight excluding hydrogens is 757 g/mol.